The lowest BCUT2D eigenvalue weighted by atomic mass is 10.2. The molecular weight excluding hydrogens is 164 g/mol. The minimum Gasteiger partial charge on any atom is -0.481 e. The minimum atomic E-state index is -0.880. The van der Waals surface area contributed by atoms with E-state index in [1.807, 2.05) is 0 Å². The molecule has 2 unspecified atom stereocenters. The number of rotatable bonds is 4. The molecule has 5 heteroatoms. The van der Waals surface area contributed by atoms with E-state index in [-0.39, 0.29) is 12.5 Å². The Morgan fingerprint density at radius 3 is 2.75 bits per heavy atom. The number of methoxy groups -OCH3 is 1. The SMILES string of the molecule is COC(=O)C1OC1CCC(=O)O. The van der Waals surface area contributed by atoms with Crippen molar-refractivity contribution in [1.29, 1.82) is 0 Å². The van der Waals surface area contributed by atoms with Crippen molar-refractivity contribution < 1.29 is 24.2 Å². The summed E-state index contributed by atoms with van der Waals surface area (Å²) >= 11 is 0. The molecule has 0 aromatic heterocycles. The van der Waals surface area contributed by atoms with E-state index < -0.39 is 18.0 Å². The highest BCUT2D eigenvalue weighted by Crippen LogP contribution is 2.27. The first-order chi connectivity index (χ1) is 5.65. The second-order valence-corrected chi connectivity index (χ2v) is 2.55. The van der Waals surface area contributed by atoms with Crippen LogP contribution in [0.25, 0.3) is 0 Å². The second-order valence-electron chi connectivity index (χ2n) is 2.55. The summed E-state index contributed by atoms with van der Waals surface area (Å²) in [5.74, 6) is -1.31. The average Bonchev–Trinajstić information content (AvgIpc) is 2.78. The number of hydrogen-bond acceptors (Lipinski definition) is 4. The van der Waals surface area contributed by atoms with Crippen LogP contribution < -0.4 is 0 Å². The van der Waals surface area contributed by atoms with Crippen LogP contribution in [0.1, 0.15) is 12.8 Å². The first-order valence-corrected chi connectivity index (χ1v) is 3.60. The third kappa shape index (κ3) is 2.20. The van der Waals surface area contributed by atoms with Crippen LogP contribution in [0.2, 0.25) is 0 Å². The molecule has 68 valence electrons. The van der Waals surface area contributed by atoms with Crippen molar-refractivity contribution in [3.8, 4) is 0 Å². The van der Waals surface area contributed by atoms with Crippen LogP contribution in [0.3, 0.4) is 0 Å². The summed E-state index contributed by atoms with van der Waals surface area (Å²) in [7, 11) is 1.28. The Balaban J connectivity index is 2.16. The third-order valence-electron chi connectivity index (χ3n) is 1.66. The van der Waals surface area contributed by atoms with E-state index in [1.54, 1.807) is 0 Å². The van der Waals surface area contributed by atoms with Gasteiger partial charge < -0.3 is 14.6 Å². The molecule has 0 amide bonds. The molecule has 0 bridgehead atoms. The predicted octanol–water partition coefficient (Wildman–Crippen LogP) is -0.208. The molecule has 1 rings (SSSR count). The van der Waals surface area contributed by atoms with Gasteiger partial charge >= 0.3 is 11.9 Å². The number of carboxylic acids is 1. The van der Waals surface area contributed by atoms with Crippen LogP contribution >= 0.6 is 0 Å². The van der Waals surface area contributed by atoms with Crippen LogP contribution in [-0.2, 0) is 19.1 Å². The summed E-state index contributed by atoms with van der Waals surface area (Å²) in [6.45, 7) is 0. The van der Waals surface area contributed by atoms with E-state index in [0.29, 0.717) is 6.42 Å². The van der Waals surface area contributed by atoms with Crippen LogP contribution in [-0.4, -0.2) is 36.4 Å². The standard InChI is InChI=1S/C7H10O5/c1-11-7(10)6-4(12-6)2-3-5(8)9/h4,6H,2-3H2,1H3,(H,8,9). The Bertz CT molecular complexity index is 200. The maximum Gasteiger partial charge on any atom is 0.337 e. The zero-order chi connectivity index (χ0) is 9.14. The Labute approximate surface area is 69.3 Å². The second kappa shape index (κ2) is 3.53. The summed E-state index contributed by atoms with van der Waals surface area (Å²) in [6.07, 6.45) is -0.393. The van der Waals surface area contributed by atoms with E-state index in [2.05, 4.69) is 4.74 Å². The van der Waals surface area contributed by atoms with Crippen molar-refractivity contribution in [1.82, 2.24) is 0 Å². The number of carbonyl (C=O) groups excluding carboxylic acids is 1. The molecule has 5 nitrogen and oxygen atoms in total. The number of hydrogen-bond donors (Lipinski definition) is 1. The smallest absolute Gasteiger partial charge is 0.337 e. The summed E-state index contributed by atoms with van der Waals surface area (Å²) in [6, 6.07) is 0. The molecule has 1 saturated heterocycles. The summed E-state index contributed by atoms with van der Waals surface area (Å²) in [5, 5.41) is 8.30. The highest BCUT2D eigenvalue weighted by atomic mass is 16.6. The molecule has 0 radical (unpaired) electrons. The van der Waals surface area contributed by atoms with E-state index in [9.17, 15) is 9.59 Å². The molecule has 0 saturated carbocycles. The highest BCUT2D eigenvalue weighted by Gasteiger charge is 2.45. The molecule has 1 N–H and O–H groups in total. The zero-order valence-electron chi connectivity index (χ0n) is 6.65. The molecule has 1 heterocycles. The number of epoxide rings is 1. The summed E-state index contributed by atoms with van der Waals surface area (Å²) < 4.78 is 9.28. The molecule has 0 aromatic rings. The van der Waals surface area contributed by atoms with Gasteiger partial charge in [0.25, 0.3) is 0 Å². The van der Waals surface area contributed by atoms with Crippen molar-refractivity contribution in [2.45, 2.75) is 25.0 Å². The van der Waals surface area contributed by atoms with Crippen LogP contribution in [0.15, 0.2) is 0 Å². The monoisotopic (exact) mass is 174 g/mol. The normalized spacial score (nSPS) is 26.4. The van der Waals surface area contributed by atoms with Gasteiger partial charge in [0.2, 0.25) is 0 Å². The zero-order valence-corrected chi connectivity index (χ0v) is 6.65. The summed E-state index contributed by atoms with van der Waals surface area (Å²) in [4.78, 5) is 20.8. The first kappa shape index (κ1) is 8.99. The number of carboxylic acid groups (broad SMARTS) is 1. The lowest BCUT2D eigenvalue weighted by molar-refractivity contribution is -0.142. The van der Waals surface area contributed by atoms with Crippen molar-refractivity contribution in [3.05, 3.63) is 0 Å². The van der Waals surface area contributed by atoms with Gasteiger partial charge in [-0.1, -0.05) is 0 Å². The van der Waals surface area contributed by atoms with Crippen molar-refractivity contribution in [2.75, 3.05) is 7.11 Å². The van der Waals surface area contributed by atoms with Gasteiger partial charge in [-0.15, -0.1) is 0 Å². The third-order valence-corrected chi connectivity index (χ3v) is 1.66. The lowest BCUT2D eigenvalue weighted by Gasteiger charge is -1.91. The van der Waals surface area contributed by atoms with Gasteiger partial charge in [-0.3, -0.25) is 4.79 Å². The molecule has 1 fully saturated rings. The molecule has 0 spiro atoms. The van der Waals surface area contributed by atoms with Gasteiger partial charge in [0.15, 0.2) is 6.10 Å². The number of carbonyl (C=O) groups is 2. The van der Waals surface area contributed by atoms with Crippen LogP contribution in [0, 0.1) is 0 Å². The fourth-order valence-electron chi connectivity index (χ4n) is 0.952. The van der Waals surface area contributed by atoms with Gasteiger partial charge in [0, 0.05) is 6.42 Å². The fourth-order valence-corrected chi connectivity index (χ4v) is 0.952. The Morgan fingerprint density at radius 2 is 2.25 bits per heavy atom. The highest BCUT2D eigenvalue weighted by molar-refractivity contribution is 5.78. The quantitative estimate of drug-likeness (QED) is 0.471. The maximum atomic E-state index is 10.7. The molecular formula is C7H10O5. The Morgan fingerprint density at radius 1 is 1.58 bits per heavy atom. The maximum absolute atomic E-state index is 10.7. The van der Waals surface area contributed by atoms with Crippen molar-refractivity contribution in [2.24, 2.45) is 0 Å². The van der Waals surface area contributed by atoms with E-state index in [1.165, 1.54) is 7.11 Å². The molecule has 0 aliphatic carbocycles. The van der Waals surface area contributed by atoms with Gasteiger partial charge in [0.1, 0.15) is 0 Å². The van der Waals surface area contributed by atoms with Crippen molar-refractivity contribution in [3.63, 3.8) is 0 Å². The van der Waals surface area contributed by atoms with Gasteiger partial charge in [0.05, 0.1) is 13.2 Å². The molecule has 1 aliphatic rings. The molecule has 2 atom stereocenters. The number of aliphatic carboxylic acids is 1. The van der Waals surface area contributed by atoms with Crippen LogP contribution in [0.5, 0.6) is 0 Å². The topological polar surface area (TPSA) is 76.1 Å². The van der Waals surface area contributed by atoms with Gasteiger partial charge in [-0.25, -0.2) is 4.79 Å². The predicted molar refractivity (Wildman–Crippen MR) is 37.5 cm³/mol. The molecule has 12 heavy (non-hydrogen) atoms. The van der Waals surface area contributed by atoms with Gasteiger partial charge in [-0.05, 0) is 6.42 Å². The summed E-state index contributed by atoms with van der Waals surface area (Å²) in [5.41, 5.74) is 0. The van der Waals surface area contributed by atoms with E-state index in [0.717, 1.165) is 0 Å². The first-order valence-electron chi connectivity index (χ1n) is 3.60. The van der Waals surface area contributed by atoms with E-state index in [4.69, 9.17) is 9.84 Å². The largest absolute Gasteiger partial charge is 0.481 e. The minimum absolute atomic E-state index is 0.0260. The fraction of sp³-hybridized carbons (Fsp3) is 0.714. The van der Waals surface area contributed by atoms with Crippen LogP contribution in [0.4, 0.5) is 0 Å². The average molecular weight is 174 g/mol. The van der Waals surface area contributed by atoms with E-state index >= 15 is 0 Å². The Hall–Kier alpha value is -1.10. The lowest BCUT2D eigenvalue weighted by Crippen LogP contribution is -2.12. The van der Waals surface area contributed by atoms with Crippen molar-refractivity contribution >= 4 is 11.9 Å². The number of ether oxygens (including phenoxy) is 2. The number of esters is 1. The molecule has 1 aliphatic heterocycles. The molecule has 0 aromatic carbocycles. The Kier molecular flexibility index (Phi) is 2.65. The van der Waals surface area contributed by atoms with Gasteiger partial charge in [-0.2, -0.15) is 0 Å².